The van der Waals surface area contributed by atoms with Crippen LogP contribution in [0.4, 0.5) is 0 Å². The molecule has 4 aromatic rings. The van der Waals surface area contributed by atoms with E-state index >= 15 is 0 Å². The van der Waals surface area contributed by atoms with E-state index in [0.717, 1.165) is 16.5 Å². The first-order valence-corrected chi connectivity index (χ1v) is 14.0. The first kappa shape index (κ1) is 28.7. The first-order chi connectivity index (χ1) is 19.7. The molecule has 0 saturated carbocycles. The number of nitrogens with zero attached hydrogens (tertiary/aromatic N) is 1. The minimum atomic E-state index is -1.14. The third kappa shape index (κ3) is 6.40. The summed E-state index contributed by atoms with van der Waals surface area (Å²) in [4.78, 5) is 57.4. The molecular formula is C30H25Cl3N4O4. The van der Waals surface area contributed by atoms with Crippen molar-refractivity contribution in [3.8, 4) is 0 Å². The van der Waals surface area contributed by atoms with Crippen molar-refractivity contribution in [3.63, 3.8) is 0 Å². The van der Waals surface area contributed by atoms with Gasteiger partial charge in [0.1, 0.15) is 18.5 Å². The molecule has 1 aliphatic heterocycles. The Morgan fingerprint density at radius 3 is 2.39 bits per heavy atom. The second-order valence-electron chi connectivity index (χ2n) is 9.78. The highest BCUT2D eigenvalue weighted by Crippen LogP contribution is 2.31. The highest BCUT2D eigenvalue weighted by atomic mass is 35.5. The Morgan fingerprint density at radius 2 is 1.66 bits per heavy atom. The van der Waals surface area contributed by atoms with E-state index in [9.17, 15) is 19.2 Å². The van der Waals surface area contributed by atoms with E-state index in [4.69, 9.17) is 34.8 Å². The van der Waals surface area contributed by atoms with Gasteiger partial charge in [0.15, 0.2) is 5.78 Å². The monoisotopic (exact) mass is 610 g/mol. The SMILES string of the molecule is O=C1CN(CC(=O)C(Cc2c[nH]c3ccccc23)C(=O)NCc2cc(Cl)c(Cl)c(Cl)c2)C(=O)C(c2ccccc2)N1. The number of nitrogens with one attached hydrogen (secondary N) is 3. The molecule has 2 unspecified atom stereocenters. The van der Waals surface area contributed by atoms with Crippen LogP contribution in [0.3, 0.4) is 0 Å². The summed E-state index contributed by atoms with van der Waals surface area (Å²) in [6.45, 7) is -0.625. The predicted molar refractivity (Wildman–Crippen MR) is 158 cm³/mol. The number of ketones is 1. The number of amides is 3. The molecule has 1 fully saturated rings. The van der Waals surface area contributed by atoms with E-state index in [-0.39, 0.29) is 40.5 Å². The highest BCUT2D eigenvalue weighted by molar-refractivity contribution is 6.48. The van der Waals surface area contributed by atoms with Crippen molar-refractivity contribution in [3.05, 3.63) is 105 Å². The van der Waals surface area contributed by atoms with Gasteiger partial charge in [0.05, 0.1) is 21.6 Å². The van der Waals surface area contributed by atoms with E-state index in [1.807, 2.05) is 24.3 Å². The molecule has 11 heteroatoms. The molecule has 41 heavy (non-hydrogen) atoms. The summed E-state index contributed by atoms with van der Waals surface area (Å²) < 4.78 is 0. The lowest BCUT2D eigenvalue weighted by atomic mass is 9.93. The average molecular weight is 612 g/mol. The van der Waals surface area contributed by atoms with Crippen LogP contribution in [-0.2, 0) is 32.1 Å². The van der Waals surface area contributed by atoms with Crippen molar-refractivity contribution < 1.29 is 19.2 Å². The average Bonchev–Trinajstić information content (AvgIpc) is 3.38. The van der Waals surface area contributed by atoms with Crippen LogP contribution in [0.1, 0.15) is 22.7 Å². The van der Waals surface area contributed by atoms with Crippen LogP contribution in [0.15, 0.2) is 72.9 Å². The van der Waals surface area contributed by atoms with Gasteiger partial charge in [-0.2, -0.15) is 0 Å². The van der Waals surface area contributed by atoms with Crippen molar-refractivity contribution in [2.24, 2.45) is 5.92 Å². The van der Waals surface area contributed by atoms with Crippen LogP contribution in [-0.4, -0.2) is 46.5 Å². The maximum atomic E-state index is 13.7. The Kier molecular flexibility index (Phi) is 8.63. The molecule has 1 aromatic heterocycles. The van der Waals surface area contributed by atoms with E-state index in [1.165, 1.54) is 4.90 Å². The van der Waals surface area contributed by atoms with Crippen LogP contribution in [0, 0.1) is 5.92 Å². The number of para-hydroxylation sites is 1. The maximum absolute atomic E-state index is 13.7. The van der Waals surface area contributed by atoms with Crippen molar-refractivity contribution in [2.45, 2.75) is 19.0 Å². The molecule has 2 heterocycles. The third-order valence-corrected chi connectivity index (χ3v) is 8.19. The molecule has 0 spiro atoms. The fraction of sp³-hybridized carbons (Fsp3) is 0.200. The zero-order valence-electron chi connectivity index (χ0n) is 21.6. The van der Waals surface area contributed by atoms with Gasteiger partial charge >= 0.3 is 0 Å². The molecule has 3 aromatic carbocycles. The van der Waals surface area contributed by atoms with Crippen LogP contribution < -0.4 is 10.6 Å². The van der Waals surface area contributed by atoms with Gasteiger partial charge in [-0.25, -0.2) is 0 Å². The standard InChI is InChI=1S/C30H25Cl3N4O4/c31-22-10-17(11-23(32)27(22)33)13-35-29(40)21(12-19-14-34-24-9-5-4-8-20(19)24)25(38)15-37-16-26(39)36-28(30(37)41)18-6-2-1-3-7-18/h1-11,14,21,28,34H,12-13,15-16H2,(H,35,40)(H,36,39). The van der Waals surface area contributed by atoms with E-state index in [1.54, 1.807) is 48.7 Å². The Bertz CT molecular complexity index is 1620. The Labute approximate surface area is 250 Å². The van der Waals surface area contributed by atoms with Gasteiger partial charge in [-0.1, -0.05) is 83.3 Å². The van der Waals surface area contributed by atoms with Crippen molar-refractivity contribution >= 4 is 69.2 Å². The number of aromatic nitrogens is 1. The van der Waals surface area contributed by atoms with Gasteiger partial charge < -0.3 is 20.5 Å². The van der Waals surface area contributed by atoms with Crippen molar-refractivity contribution in [1.29, 1.82) is 0 Å². The van der Waals surface area contributed by atoms with Crippen LogP contribution in [0.5, 0.6) is 0 Å². The summed E-state index contributed by atoms with van der Waals surface area (Å²) in [6.07, 6.45) is 1.86. The molecule has 5 rings (SSSR count). The molecule has 1 saturated heterocycles. The number of H-pyrrole nitrogens is 1. The fourth-order valence-corrected chi connectivity index (χ4v) is 5.54. The second-order valence-corrected chi connectivity index (χ2v) is 11.0. The van der Waals surface area contributed by atoms with Gasteiger partial charge in [0.25, 0.3) is 5.91 Å². The molecule has 0 bridgehead atoms. The third-order valence-electron chi connectivity index (χ3n) is 6.99. The second kappa shape index (κ2) is 12.3. The number of carbonyl (C=O) groups is 4. The number of Topliss-reactive ketones (excluding diaryl/α,β-unsaturated/α-hetero) is 1. The number of fused-ring (bicyclic) bond motifs is 1. The molecule has 0 radical (unpaired) electrons. The molecule has 8 nitrogen and oxygen atoms in total. The largest absolute Gasteiger partial charge is 0.361 e. The van der Waals surface area contributed by atoms with Gasteiger partial charge in [-0.05, 0) is 41.3 Å². The highest BCUT2D eigenvalue weighted by Gasteiger charge is 2.37. The maximum Gasteiger partial charge on any atom is 0.250 e. The molecule has 3 N–H and O–H groups in total. The number of halogens is 3. The number of piperazine rings is 1. The molecule has 0 aliphatic carbocycles. The molecular weight excluding hydrogens is 587 g/mol. The van der Waals surface area contributed by atoms with Gasteiger partial charge in [-0.3, -0.25) is 19.2 Å². The Morgan fingerprint density at radius 1 is 0.976 bits per heavy atom. The van der Waals surface area contributed by atoms with Crippen molar-refractivity contribution in [1.82, 2.24) is 20.5 Å². The number of rotatable bonds is 9. The number of carbonyl (C=O) groups excluding carboxylic acids is 4. The summed E-state index contributed by atoms with van der Waals surface area (Å²) >= 11 is 18.3. The normalized spacial score (nSPS) is 16.0. The number of hydrogen-bond acceptors (Lipinski definition) is 4. The van der Waals surface area contributed by atoms with Gasteiger partial charge in [-0.15, -0.1) is 0 Å². The van der Waals surface area contributed by atoms with Gasteiger partial charge in [0, 0.05) is 23.6 Å². The topological polar surface area (TPSA) is 111 Å². The smallest absolute Gasteiger partial charge is 0.250 e. The summed E-state index contributed by atoms with van der Waals surface area (Å²) in [7, 11) is 0. The lowest BCUT2D eigenvalue weighted by Crippen LogP contribution is -2.55. The molecule has 2 atom stereocenters. The zero-order valence-corrected chi connectivity index (χ0v) is 23.9. The minimum absolute atomic E-state index is 0.0498. The summed E-state index contributed by atoms with van der Waals surface area (Å²) in [5.41, 5.74) is 2.85. The minimum Gasteiger partial charge on any atom is -0.361 e. The Hall–Kier alpha value is -3.85. The lowest BCUT2D eigenvalue weighted by Gasteiger charge is -2.33. The first-order valence-electron chi connectivity index (χ1n) is 12.8. The van der Waals surface area contributed by atoms with E-state index in [2.05, 4.69) is 15.6 Å². The van der Waals surface area contributed by atoms with Crippen LogP contribution in [0.25, 0.3) is 10.9 Å². The molecule has 3 amide bonds. The molecule has 210 valence electrons. The lowest BCUT2D eigenvalue weighted by molar-refractivity contribution is -0.147. The quantitative estimate of drug-likeness (QED) is 0.185. The van der Waals surface area contributed by atoms with Crippen LogP contribution in [0.2, 0.25) is 15.1 Å². The number of benzene rings is 3. The summed E-state index contributed by atoms with van der Waals surface area (Å²) in [5, 5.41) is 7.05. The summed E-state index contributed by atoms with van der Waals surface area (Å²) in [5.74, 6) is -2.97. The number of aromatic amines is 1. The zero-order chi connectivity index (χ0) is 29.1. The fourth-order valence-electron chi connectivity index (χ4n) is 4.90. The van der Waals surface area contributed by atoms with Crippen molar-refractivity contribution in [2.75, 3.05) is 13.1 Å². The Balaban J connectivity index is 1.38. The predicted octanol–water partition coefficient (Wildman–Crippen LogP) is 4.87. The van der Waals surface area contributed by atoms with Gasteiger partial charge in [0.2, 0.25) is 11.8 Å². The summed E-state index contributed by atoms with van der Waals surface area (Å²) in [6, 6.07) is 18.6. The van der Waals surface area contributed by atoms with Crippen LogP contribution >= 0.6 is 34.8 Å². The van der Waals surface area contributed by atoms with E-state index in [0.29, 0.717) is 11.1 Å². The van der Waals surface area contributed by atoms with E-state index < -0.39 is 36.1 Å². The number of hydrogen-bond donors (Lipinski definition) is 3. The molecule has 1 aliphatic rings.